The Balaban J connectivity index is 1.66. The first-order chi connectivity index (χ1) is 14.3. The number of rotatable bonds is 5. The minimum Gasteiger partial charge on any atom is -0.463 e. The van der Waals surface area contributed by atoms with Crippen LogP contribution in [-0.2, 0) is 9.84 Å². The molecule has 6 nitrogen and oxygen atoms in total. The SMILES string of the molecule is CC(NC(=O)c1cc(-c2ccco2)nc2ccccc12)c1ccc(S(C)(=O)=O)cc1. The number of sulfone groups is 1. The third-order valence-corrected chi connectivity index (χ3v) is 6.02. The third kappa shape index (κ3) is 3.97. The fourth-order valence-corrected chi connectivity index (χ4v) is 3.91. The Labute approximate surface area is 174 Å². The molecule has 0 aliphatic heterocycles. The van der Waals surface area contributed by atoms with Crippen LogP contribution in [0.25, 0.3) is 22.4 Å². The number of carbonyl (C=O) groups is 1. The topological polar surface area (TPSA) is 89.3 Å². The number of carbonyl (C=O) groups excluding carboxylic acids is 1. The van der Waals surface area contributed by atoms with Gasteiger partial charge < -0.3 is 9.73 Å². The van der Waals surface area contributed by atoms with Crippen molar-refractivity contribution in [3.63, 3.8) is 0 Å². The molecule has 0 saturated heterocycles. The van der Waals surface area contributed by atoms with Gasteiger partial charge in [-0.3, -0.25) is 4.79 Å². The summed E-state index contributed by atoms with van der Waals surface area (Å²) in [5.41, 5.74) is 2.57. The Morgan fingerprint density at radius 1 is 1.03 bits per heavy atom. The summed E-state index contributed by atoms with van der Waals surface area (Å²) in [4.78, 5) is 18.0. The summed E-state index contributed by atoms with van der Waals surface area (Å²) in [6.07, 6.45) is 2.73. The van der Waals surface area contributed by atoms with E-state index in [2.05, 4.69) is 10.3 Å². The van der Waals surface area contributed by atoms with Gasteiger partial charge in [0.25, 0.3) is 5.91 Å². The summed E-state index contributed by atoms with van der Waals surface area (Å²) in [5, 5.41) is 3.73. The summed E-state index contributed by atoms with van der Waals surface area (Å²) in [5.74, 6) is 0.334. The second-order valence-corrected chi connectivity index (χ2v) is 9.10. The predicted octanol–water partition coefficient (Wildman–Crippen LogP) is 4.39. The number of pyridine rings is 1. The highest BCUT2D eigenvalue weighted by molar-refractivity contribution is 7.90. The zero-order chi connectivity index (χ0) is 21.3. The Bertz CT molecular complexity index is 1310. The van der Waals surface area contributed by atoms with Crippen LogP contribution in [0.3, 0.4) is 0 Å². The summed E-state index contributed by atoms with van der Waals surface area (Å²) >= 11 is 0. The number of hydrogen-bond donors (Lipinski definition) is 1. The predicted molar refractivity (Wildman–Crippen MR) is 115 cm³/mol. The van der Waals surface area contributed by atoms with Crippen LogP contribution in [-0.4, -0.2) is 25.6 Å². The zero-order valence-corrected chi connectivity index (χ0v) is 17.3. The second kappa shape index (κ2) is 7.76. The summed E-state index contributed by atoms with van der Waals surface area (Å²) in [6.45, 7) is 1.85. The summed E-state index contributed by atoms with van der Waals surface area (Å²) in [7, 11) is -3.27. The number of hydrogen-bond acceptors (Lipinski definition) is 5. The molecule has 2 aromatic carbocycles. The van der Waals surface area contributed by atoms with E-state index in [0.717, 1.165) is 10.9 Å². The largest absolute Gasteiger partial charge is 0.463 e. The highest BCUT2D eigenvalue weighted by Crippen LogP contribution is 2.26. The minimum absolute atomic E-state index is 0.244. The minimum atomic E-state index is -3.27. The van der Waals surface area contributed by atoms with Gasteiger partial charge in [-0.1, -0.05) is 30.3 Å². The first-order valence-electron chi connectivity index (χ1n) is 9.37. The highest BCUT2D eigenvalue weighted by atomic mass is 32.2. The van der Waals surface area contributed by atoms with Crippen LogP contribution < -0.4 is 5.32 Å². The number of aromatic nitrogens is 1. The van der Waals surface area contributed by atoms with Crippen molar-refractivity contribution in [3.05, 3.63) is 84.1 Å². The smallest absolute Gasteiger partial charge is 0.252 e. The van der Waals surface area contributed by atoms with Crippen LogP contribution in [0.1, 0.15) is 28.9 Å². The monoisotopic (exact) mass is 420 g/mol. The van der Waals surface area contributed by atoms with Gasteiger partial charge >= 0.3 is 0 Å². The number of amides is 1. The maximum absolute atomic E-state index is 13.1. The van der Waals surface area contributed by atoms with E-state index in [1.807, 2.05) is 31.2 Å². The zero-order valence-electron chi connectivity index (χ0n) is 16.5. The van der Waals surface area contributed by atoms with E-state index >= 15 is 0 Å². The molecule has 0 fully saturated rings. The van der Waals surface area contributed by atoms with Crippen molar-refractivity contribution >= 4 is 26.6 Å². The Morgan fingerprint density at radius 3 is 2.43 bits per heavy atom. The van der Waals surface area contributed by atoms with Crippen LogP contribution in [0, 0.1) is 0 Å². The quantitative estimate of drug-likeness (QED) is 0.517. The van der Waals surface area contributed by atoms with E-state index in [9.17, 15) is 13.2 Å². The molecule has 0 saturated carbocycles. The highest BCUT2D eigenvalue weighted by Gasteiger charge is 2.18. The van der Waals surface area contributed by atoms with E-state index in [-0.39, 0.29) is 16.8 Å². The fraction of sp³-hybridized carbons (Fsp3) is 0.130. The molecule has 152 valence electrons. The van der Waals surface area contributed by atoms with Gasteiger partial charge in [0.05, 0.1) is 28.3 Å². The van der Waals surface area contributed by atoms with Gasteiger partial charge in [-0.15, -0.1) is 0 Å². The van der Waals surface area contributed by atoms with E-state index in [0.29, 0.717) is 22.5 Å². The molecule has 2 aromatic heterocycles. The normalized spacial score (nSPS) is 12.6. The van der Waals surface area contributed by atoms with Crippen molar-refractivity contribution in [2.45, 2.75) is 17.9 Å². The molecule has 4 aromatic rings. The van der Waals surface area contributed by atoms with Crippen LogP contribution in [0.5, 0.6) is 0 Å². The van der Waals surface area contributed by atoms with E-state index < -0.39 is 9.84 Å². The van der Waals surface area contributed by atoms with Crippen LogP contribution in [0.4, 0.5) is 0 Å². The summed E-state index contributed by atoms with van der Waals surface area (Å²) in [6, 6.07) is 18.9. The first kappa shape index (κ1) is 19.8. The molecule has 2 heterocycles. The molecule has 1 amide bonds. The molecule has 0 bridgehead atoms. The standard InChI is InChI=1S/C23H20N2O4S/c1-15(16-9-11-17(12-10-16)30(2,27)28)24-23(26)19-14-21(22-8-5-13-29-22)25-20-7-4-3-6-18(19)20/h3-15H,1-2H3,(H,24,26). The number of fused-ring (bicyclic) bond motifs is 1. The Hall–Kier alpha value is -3.45. The van der Waals surface area contributed by atoms with Crippen LogP contribution >= 0.6 is 0 Å². The number of para-hydroxylation sites is 1. The molecule has 1 atom stereocenters. The third-order valence-electron chi connectivity index (χ3n) is 4.89. The molecule has 0 radical (unpaired) electrons. The van der Waals surface area contributed by atoms with E-state index in [1.165, 1.54) is 6.26 Å². The number of furan rings is 1. The van der Waals surface area contributed by atoms with Crippen LogP contribution in [0.15, 0.2) is 82.3 Å². The van der Waals surface area contributed by atoms with Crippen molar-refractivity contribution in [3.8, 4) is 11.5 Å². The van der Waals surface area contributed by atoms with Gasteiger partial charge in [-0.25, -0.2) is 13.4 Å². The maximum atomic E-state index is 13.1. The molecular weight excluding hydrogens is 400 g/mol. The summed E-state index contributed by atoms with van der Waals surface area (Å²) < 4.78 is 28.7. The second-order valence-electron chi connectivity index (χ2n) is 7.09. The number of nitrogens with zero attached hydrogens (tertiary/aromatic N) is 1. The molecule has 30 heavy (non-hydrogen) atoms. The fourth-order valence-electron chi connectivity index (χ4n) is 3.28. The first-order valence-corrected chi connectivity index (χ1v) is 11.3. The van der Waals surface area contributed by atoms with Gasteiger partial charge in [0.2, 0.25) is 0 Å². The van der Waals surface area contributed by atoms with Gasteiger partial charge in [0.1, 0.15) is 5.69 Å². The lowest BCUT2D eigenvalue weighted by molar-refractivity contribution is 0.0941. The van der Waals surface area contributed by atoms with Crippen molar-refractivity contribution in [1.82, 2.24) is 10.3 Å². The van der Waals surface area contributed by atoms with Gasteiger partial charge in [0, 0.05) is 11.6 Å². The van der Waals surface area contributed by atoms with Crippen molar-refractivity contribution < 1.29 is 17.6 Å². The van der Waals surface area contributed by atoms with Gasteiger partial charge in [-0.05, 0) is 48.9 Å². The van der Waals surface area contributed by atoms with Crippen LogP contribution in [0.2, 0.25) is 0 Å². The maximum Gasteiger partial charge on any atom is 0.252 e. The van der Waals surface area contributed by atoms with Crippen molar-refractivity contribution in [2.75, 3.05) is 6.26 Å². The molecule has 0 spiro atoms. The average molecular weight is 420 g/mol. The molecule has 1 unspecified atom stereocenters. The lowest BCUT2D eigenvalue weighted by Gasteiger charge is -2.16. The van der Waals surface area contributed by atoms with Crippen molar-refractivity contribution in [2.24, 2.45) is 0 Å². The van der Waals surface area contributed by atoms with E-state index in [4.69, 9.17) is 4.42 Å². The molecule has 1 N–H and O–H groups in total. The van der Waals surface area contributed by atoms with E-state index in [1.54, 1.807) is 48.7 Å². The van der Waals surface area contributed by atoms with Gasteiger partial charge in [0.15, 0.2) is 15.6 Å². The Kier molecular flexibility index (Phi) is 5.13. The number of nitrogens with one attached hydrogen (secondary N) is 1. The number of benzene rings is 2. The molecule has 4 rings (SSSR count). The van der Waals surface area contributed by atoms with Gasteiger partial charge in [-0.2, -0.15) is 0 Å². The molecule has 0 aliphatic carbocycles. The Morgan fingerprint density at radius 2 is 1.77 bits per heavy atom. The van der Waals surface area contributed by atoms with Crippen molar-refractivity contribution in [1.29, 1.82) is 0 Å². The average Bonchev–Trinajstić information content (AvgIpc) is 3.27. The lowest BCUT2D eigenvalue weighted by atomic mass is 10.0. The molecule has 7 heteroatoms. The lowest BCUT2D eigenvalue weighted by Crippen LogP contribution is -2.27. The molecular formula is C23H20N2O4S. The molecule has 0 aliphatic rings.